The number of hydrogen-bond donors (Lipinski definition) is 2. The van der Waals surface area contributed by atoms with Gasteiger partial charge >= 0.3 is 0 Å². The van der Waals surface area contributed by atoms with E-state index < -0.39 is 17.5 Å². The van der Waals surface area contributed by atoms with Crippen LogP contribution in [-0.2, 0) is 13.0 Å². The largest absolute Gasteiger partial charge is 0.356 e. The number of nitriles is 1. The summed E-state index contributed by atoms with van der Waals surface area (Å²) in [5.74, 6) is 0. The number of halogens is 2. The first-order valence-electron chi connectivity index (χ1n) is 4.20. The minimum Gasteiger partial charge on any atom is -0.356 e. The fourth-order valence-corrected chi connectivity index (χ4v) is 1.24. The third-order valence-electron chi connectivity index (χ3n) is 1.91. The van der Waals surface area contributed by atoms with Crippen LogP contribution in [0, 0.1) is 11.3 Å². The van der Waals surface area contributed by atoms with Crippen molar-refractivity contribution >= 4 is 0 Å². The molecule has 3 N–H and O–H groups in total. The Morgan fingerprint density at radius 1 is 1.60 bits per heavy atom. The van der Waals surface area contributed by atoms with E-state index >= 15 is 0 Å². The predicted molar refractivity (Wildman–Crippen MR) is 49.2 cm³/mol. The number of alkyl halides is 2. The second kappa shape index (κ2) is 4.66. The lowest BCUT2D eigenvalue weighted by Gasteiger charge is -2.07. The van der Waals surface area contributed by atoms with Crippen molar-refractivity contribution in [2.75, 3.05) is 0 Å². The topological polar surface area (TPSA) is 82.7 Å². The van der Waals surface area contributed by atoms with Gasteiger partial charge in [-0.1, -0.05) is 0 Å². The zero-order valence-corrected chi connectivity index (χ0v) is 7.76. The number of nitrogens with zero attached hydrogens (tertiary/aromatic N) is 1. The van der Waals surface area contributed by atoms with E-state index in [9.17, 15) is 13.6 Å². The Hall–Kier alpha value is -1.74. The van der Waals surface area contributed by atoms with Crippen LogP contribution in [-0.4, -0.2) is 4.98 Å². The molecule has 4 nitrogen and oxygen atoms in total. The molecule has 6 heteroatoms. The molecule has 0 aliphatic rings. The number of nitrogens with one attached hydrogen (secondary N) is 1. The molecular weight excluding hydrogens is 204 g/mol. The molecule has 0 atom stereocenters. The summed E-state index contributed by atoms with van der Waals surface area (Å²) in [6.45, 7) is -0.248. The predicted octanol–water partition coefficient (Wildman–Crippen LogP) is 0.837. The molecule has 0 saturated heterocycles. The lowest BCUT2D eigenvalue weighted by Crippen LogP contribution is -2.19. The van der Waals surface area contributed by atoms with Gasteiger partial charge in [-0.25, -0.2) is 8.78 Å². The maximum Gasteiger partial charge on any atom is 0.278 e. The summed E-state index contributed by atoms with van der Waals surface area (Å²) < 4.78 is 25.0. The van der Waals surface area contributed by atoms with Gasteiger partial charge in [0.15, 0.2) is 5.43 Å². The van der Waals surface area contributed by atoms with Gasteiger partial charge in [0, 0.05) is 23.9 Å². The highest BCUT2D eigenvalue weighted by atomic mass is 19.3. The van der Waals surface area contributed by atoms with Crippen LogP contribution in [0.4, 0.5) is 8.78 Å². The van der Waals surface area contributed by atoms with E-state index in [1.54, 1.807) is 6.07 Å². The first-order chi connectivity index (χ1) is 7.10. The Bertz CT molecular complexity index is 448. The molecule has 0 unspecified atom stereocenters. The lowest BCUT2D eigenvalue weighted by atomic mass is 10.1. The van der Waals surface area contributed by atoms with Crippen LogP contribution < -0.4 is 11.2 Å². The number of hydrogen-bond acceptors (Lipinski definition) is 3. The van der Waals surface area contributed by atoms with Crippen molar-refractivity contribution in [1.82, 2.24) is 4.98 Å². The van der Waals surface area contributed by atoms with Crippen molar-refractivity contribution in [3.8, 4) is 6.07 Å². The van der Waals surface area contributed by atoms with Crippen molar-refractivity contribution in [3.05, 3.63) is 33.2 Å². The van der Waals surface area contributed by atoms with Crippen molar-refractivity contribution in [2.45, 2.75) is 19.4 Å². The summed E-state index contributed by atoms with van der Waals surface area (Å²) in [5.41, 5.74) is 4.19. The molecule has 1 rings (SSSR count). The van der Waals surface area contributed by atoms with E-state index in [0.29, 0.717) is 0 Å². The Labute approximate surface area is 84.3 Å². The highest BCUT2D eigenvalue weighted by molar-refractivity contribution is 5.25. The molecule has 1 aromatic heterocycles. The molecule has 0 saturated carbocycles. The molecule has 80 valence electrons. The monoisotopic (exact) mass is 213 g/mol. The number of aromatic amines is 1. The fourth-order valence-electron chi connectivity index (χ4n) is 1.24. The first kappa shape index (κ1) is 11.3. The van der Waals surface area contributed by atoms with Crippen LogP contribution >= 0.6 is 0 Å². The van der Waals surface area contributed by atoms with Crippen LogP contribution in [0.5, 0.6) is 0 Å². The Kier molecular flexibility index (Phi) is 3.52. The Morgan fingerprint density at radius 2 is 2.27 bits per heavy atom. The fraction of sp³-hybridized carbons (Fsp3) is 0.333. The van der Waals surface area contributed by atoms with Gasteiger partial charge in [-0.3, -0.25) is 4.79 Å². The Morgan fingerprint density at radius 3 is 2.73 bits per heavy atom. The molecule has 1 heterocycles. The normalized spacial score (nSPS) is 10.3. The van der Waals surface area contributed by atoms with Gasteiger partial charge < -0.3 is 10.7 Å². The summed E-state index contributed by atoms with van der Waals surface area (Å²) in [6, 6.07) is 2.89. The second-order valence-corrected chi connectivity index (χ2v) is 2.89. The third-order valence-corrected chi connectivity index (χ3v) is 1.91. The summed E-state index contributed by atoms with van der Waals surface area (Å²) in [5, 5.41) is 8.38. The van der Waals surface area contributed by atoms with Crippen LogP contribution in [0.3, 0.4) is 0 Å². The molecule has 0 aliphatic heterocycles. The number of pyridine rings is 1. The van der Waals surface area contributed by atoms with Gasteiger partial charge in [-0.05, 0) is 0 Å². The van der Waals surface area contributed by atoms with E-state index in [4.69, 9.17) is 11.0 Å². The van der Waals surface area contributed by atoms with Gasteiger partial charge in [0.05, 0.1) is 18.2 Å². The molecule has 1 aromatic rings. The van der Waals surface area contributed by atoms with Crippen LogP contribution in [0.25, 0.3) is 0 Å². The average Bonchev–Trinajstić information content (AvgIpc) is 2.17. The van der Waals surface area contributed by atoms with Crippen molar-refractivity contribution in [3.63, 3.8) is 0 Å². The zero-order valence-electron chi connectivity index (χ0n) is 7.76. The minimum atomic E-state index is -2.80. The number of aromatic nitrogens is 1. The molecule has 0 amide bonds. The molecule has 0 aliphatic carbocycles. The van der Waals surface area contributed by atoms with Gasteiger partial charge in [0.1, 0.15) is 0 Å². The second-order valence-electron chi connectivity index (χ2n) is 2.89. The number of rotatable bonds is 3. The SMILES string of the molecule is N#CCc1cc(=O)c(CN)c(C(F)F)[nH]1. The summed E-state index contributed by atoms with van der Waals surface area (Å²) >= 11 is 0. The van der Waals surface area contributed by atoms with E-state index in [2.05, 4.69) is 4.98 Å². The average molecular weight is 213 g/mol. The molecule has 0 bridgehead atoms. The van der Waals surface area contributed by atoms with E-state index in [1.165, 1.54) is 0 Å². The molecule has 0 fully saturated rings. The molecule has 15 heavy (non-hydrogen) atoms. The van der Waals surface area contributed by atoms with E-state index in [1.807, 2.05) is 0 Å². The van der Waals surface area contributed by atoms with E-state index in [0.717, 1.165) is 6.07 Å². The molecule has 0 spiro atoms. The lowest BCUT2D eigenvalue weighted by molar-refractivity contribution is 0.144. The standard InChI is InChI=1S/C9H9F2N3O/c10-9(11)8-6(4-13)7(15)3-5(14-8)1-2-12/h3,9H,1,4,13H2,(H,14,15). The maximum atomic E-state index is 12.5. The maximum absolute atomic E-state index is 12.5. The van der Waals surface area contributed by atoms with Crippen molar-refractivity contribution in [2.24, 2.45) is 5.73 Å². The molecular formula is C9H9F2N3O. The van der Waals surface area contributed by atoms with Crippen molar-refractivity contribution in [1.29, 1.82) is 5.26 Å². The highest BCUT2D eigenvalue weighted by Gasteiger charge is 2.16. The zero-order chi connectivity index (χ0) is 11.4. The van der Waals surface area contributed by atoms with E-state index in [-0.39, 0.29) is 24.2 Å². The third kappa shape index (κ3) is 2.39. The van der Waals surface area contributed by atoms with Gasteiger partial charge in [0.2, 0.25) is 0 Å². The van der Waals surface area contributed by atoms with Gasteiger partial charge in [0.25, 0.3) is 6.43 Å². The quantitative estimate of drug-likeness (QED) is 0.780. The summed E-state index contributed by atoms with van der Waals surface area (Å²) in [6.07, 6.45) is -2.91. The van der Waals surface area contributed by atoms with Crippen molar-refractivity contribution < 1.29 is 8.78 Å². The Balaban J connectivity index is 3.33. The van der Waals surface area contributed by atoms with Gasteiger partial charge in [-0.2, -0.15) is 5.26 Å². The number of H-pyrrole nitrogens is 1. The smallest absolute Gasteiger partial charge is 0.278 e. The highest BCUT2D eigenvalue weighted by Crippen LogP contribution is 2.18. The van der Waals surface area contributed by atoms with Gasteiger partial charge in [-0.15, -0.1) is 0 Å². The summed E-state index contributed by atoms with van der Waals surface area (Å²) in [7, 11) is 0. The molecule has 0 aromatic carbocycles. The van der Waals surface area contributed by atoms with Crippen LogP contribution in [0.2, 0.25) is 0 Å². The molecule has 0 radical (unpaired) electrons. The van der Waals surface area contributed by atoms with Crippen LogP contribution in [0.1, 0.15) is 23.4 Å². The van der Waals surface area contributed by atoms with Crippen LogP contribution in [0.15, 0.2) is 10.9 Å². The first-order valence-corrected chi connectivity index (χ1v) is 4.20. The number of nitrogens with two attached hydrogens (primary N) is 1. The summed E-state index contributed by atoms with van der Waals surface area (Å²) in [4.78, 5) is 13.7. The minimum absolute atomic E-state index is 0.111.